The van der Waals surface area contributed by atoms with Crippen molar-refractivity contribution >= 4 is 5.82 Å². The summed E-state index contributed by atoms with van der Waals surface area (Å²) >= 11 is 0. The molecule has 0 aromatic carbocycles. The van der Waals surface area contributed by atoms with Crippen molar-refractivity contribution in [1.82, 2.24) is 24.7 Å². The lowest BCUT2D eigenvalue weighted by atomic mass is 10.2. The summed E-state index contributed by atoms with van der Waals surface area (Å²) in [7, 11) is 1.86. The molecule has 0 unspecified atom stereocenters. The van der Waals surface area contributed by atoms with Crippen LogP contribution < -0.4 is 5.73 Å². The lowest BCUT2D eigenvalue weighted by molar-refractivity contribution is 0.768. The zero-order valence-electron chi connectivity index (χ0n) is 11.3. The van der Waals surface area contributed by atoms with E-state index in [0.29, 0.717) is 11.6 Å². The Morgan fingerprint density at radius 2 is 2.10 bits per heavy atom. The van der Waals surface area contributed by atoms with Crippen molar-refractivity contribution in [3.63, 3.8) is 0 Å². The van der Waals surface area contributed by atoms with Gasteiger partial charge in [0.15, 0.2) is 5.82 Å². The largest absolute Gasteiger partial charge is 0.384 e. The number of pyridine rings is 1. The molecule has 0 saturated heterocycles. The molecule has 3 aromatic rings. The van der Waals surface area contributed by atoms with E-state index in [2.05, 4.69) is 20.1 Å². The molecule has 0 aliphatic rings. The summed E-state index contributed by atoms with van der Waals surface area (Å²) in [6.07, 6.45) is 5.35. The highest BCUT2D eigenvalue weighted by atomic mass is 15.2. The first-order chi connectivity index (χ1) is 9.63. The summed E-state index contributed by atoms with van der Waals surface area (Å²) in [5.41, 5.74) is 9.28. The Bertz CT molecular complexity index is 762. The molecule has 0 atom stereocenters. The number of nitrogens with two attached hydrogens (primary N) is 1. The Morgan fingerprint density at radius 3 is 2.80 bits per heavy atom. The molecule has 0 spiro atoms. The molecule has 0 bridgehead atoms. The van der Waals surface area contributed by atoms with Gasteiger partial charge < -0.3 is 5.73 Å². The monoisotopic (exact) mass is 266 g/mol. The predicted molar refractivity (Wildman–Crippen MR) is 76.6 cm³/mol. The van der Waals surface area contributed by atoms with Crippen molar-refractivity contribution in [2.24, 2.45) is 7.05 Å². The van der Waals surface area contributed by atoms with Gasteiger partial charge >= 0.3 is 0 Å². The van der Waals surface area contributed by atoms with Gasteiger partial charge in [-0.3, -0.25) is 9.67 Å². The zero-order chi connectivity index (χ0) is 14.1. The molecular weight excluding hydrogens is 252 g/mol. The van der Waals surface area contributed by atoms with Gasteiger partial charge in [-0.2, -0.15) is 5.10 Å². The van der Waals surface area contributed by atoms with Crippen LogP contribution in [0.2, 0.25) is 0 Å². The number of nitrogens with zero attached hydrogens (tertiary/aromatic N) is 5. The van der Waals surface area contributed by atoms with Crippen LogP contribution in [0.15, 0.2) is 36.8 Å². The summed E-state index contributed by atoms with van der Waals surface area (Å²) < 4.78 is 1.72. The first kappa shape index (κ1) is 12.3. The Morgan fingerprint density at radius 1 is 1.25 bits per heavy atom. The van der Waals surface area contributed by atoms with E-state index < -0.39 is 0 Å². The van der Waals surface area contributed by atoms with Gasteiger partial charge in [-0.1, -0.05) is 6.07 Å². The van der Waals surface area contributed by atoms with Crippen LogP contribution in [0.5, 0.6) is 0 Å². The summed E-state index contributed by atoms with van der Waals surface area (Å²) in [5, 5.41) is 4.14. The van der Waals surface area contributed by atoms with Gasteiger partial charge in [0.1, 0.15) is 11.5 Å². The number of nitrogen functional groups attached to an aromatic ring is 1. The zero-order valence-corrected chi connectivity index (χ0v) is 11.3. The molecule has 6 heteroatoms. The van der Waals surface area contributed by atoms with Crippen LogP contribution in [-0.2, 0) is 7.05 Å². The quantitative estimate of drug-likeness (QED) is 0.765. The van der Waals surface area contributed by atoms with Crippen LogP contribution >= 0.6 is 0 Å². The number of rotatable bonds is 2. The Labute approximate surface area is 116 Å². The molecule has 0 fully saturated rings. The second-order valence-corrected chi connectivity index (χ2v) is 4.57. The van der Waals surface area contributed by atoms with Crippen LogP contribution in [0.1, 0.15) is 5.56 Å². The van der Waals surface area contributed by atoms with Gasteiger partial charge in [-0.05, 0) is 18.6 Å². The number of hydrogen-bond acceptors (Lipinski definition) is 5. The molecule has 0 amide bonds. The summed E-state index contributed by atoms with van der Waals surface area (Å²) in [5.74, 6) is 0.945. The van der Waals surface area contributed by atoms with E-state index in [4.69, 9.17) is 5.73 Å². The molecule has 2 N–H and O–H groups in total. The minimum absolute atomic E-state index is 0.416. The number of aryl methyl sites for hydroxylation is 2. The van der Waals surface area contributed by atoms with E-state index in [1.165, 1.54) is 0 Å². The topological polar surface area (TPSA) is 82.5 Å². The molecule has 3 rings (SSSR count). The predicted octanol–water partition coefficient (Wildman–Crippen LogP) is 1.83. The number of aromatic nitrogens is 5. The maximum absolute atomic E-state index is 5.88. The molecule has 3 aromatic heterocycles. The van der Waals surface area contributed by atoms with Crippen LogP contribution in [0.3, 0.4) is 0 Å². The SMILES string of the molecule is Cc1cccnc1-c1nc(N)cc(-c2cnn(C)c2)n1. The minimum atomic E-state index is 0.416. The van der Waals surface area contributed by atoms with Gasteiger partial charge in [-0.15, -0.1) is 0 Å². The average molecular weight is 266 g/mol. The van der Waals surface area contributed by atoms with E-state index in [-0.39, 0.29) is 0 Å². The highest BCUT2D eigenvalue weighted by molar-refractivity contribution is 5.65. The maximum Gasteiger partial charge on any atom is 0.181 e. The fourth-order valence-electron chi connectivity index (χ4n) is 1.99. The highest BCUT2D eigenvalue weighted by Gasteiger charge is 2.11. The molecule has 0 radical (unpaired) electrons. The van der Waals surface area contributed by atoms with Crippen molar-refractivity contribution in [3.05, 3.63) is 42.4 Å². The summed E-state index contributed by atoms with van der Waals surface area (Å²) in [6, 6.07) is 5.59. The van der Waals surface area contributed by atoms with E-state index in [1.54, 1.807) is 23.1 Å². The first-order valence-electron chi connectivity index (χ1n) is 6.19. The van der Waals surface area contributed by atoms with Gasteiger partial charge in [0.05, 0.1) is 11.9 Å². The lowest BCUT2D eigenvalue weighted by Gasteiger charge is -2.06. The van der Waals surface area contributed by atoms with Crippen LogP contribution in [-0.4, -0.2) is 24.7 Å². The molecule has 3 heterocycles. The smallest absolute Gasteiger partial charge is 0.181 e. The molecule has 100 valence electrons. The van der Waals surface area contributed by atoms with Gasteiger partial charge in [0, 0.05) is 31.1 Å². The van der Waals surface area contributed by atoms with Crippen LogP contribution in [0, 0.1) is 6.92 Å². The number of anilines is 1. The molecule has 0 aliphatic heterocycles. The Kier molecular flexibility index (Phi) is 2.90. The van der Waals surface area contributed by atoms with Crippen molar-refractivity contribution < 1.29 is 0 Å². The molecule has 0 saturated carbocycles. The second kappa shape index (κ2) is 4.73. The Balaban J connectivity index is 2.14. The molecule has 6 nitrogen and oxygen atoms in total. The third-order valence-corrected chi connectivity index (χ3v) is 2.97. The van der Waals surface area contributed by atoms with Crippen molar-refractivity contribution in [2.45, 2.75) is 6.92 Å². The van der Waals surface area contributed by atoms with Crippen LogP contribution in [0.25, 0.3) is 22.8 Å². The first-order valence-corrected chi connectivity index (χ1v) is 6.19. The normalized spacial score (nSPS) is 10.7. The van der Waals surface area contributed by atoms with Crippen LogP contribution in [0.4, 0.5) is 5.82 Å². The number of hydrogen-bond donors (Lipinski definition) is 1. The molecule has 20 heavy (non-hydrogen) atoms. The van der Waals surface area contributed by atoms with E-state index in [9.17, 15) is 0 Å². The standard InChI is InChI=1S/C14H14N6/c1-9-4-3-5-16-13(9)14-18-11(6-12(15)19-14)10-7-17-20(2)8-10/h3-8H,1-2H3,(H2,15,18,19). The van der Waals surface area contributed by atoms with Gasteiger partial charge in [-0.25, -0.2) is 9.97 Å². The molecule has 0 aliphatic carbocycles. The van der Waals surface area contributed by atoms with Crippen molar-refractivity contribution in [3.8, 4) is 22.8 Å². The third kappa shape index (κ3) is 2.23. The fourth-order valence-corrected chi connectivity index (χ4v) is 1.99. The minimum Gasteiger partial charge on any atom is -0.384 e. The Hall–Kier alpha value is -2.76. The van der Waals surface area contributed by atoms with Crippen molar-refractivity contribution in [2.75, 3.05) is 5.73 Å². The fraction of sp³-hybridized carbons (Fsp3) is 0.143. The highest BCUT2D eigenvalue weighted by Crippen LogP contribution is 2.23. The summed E-state index contributed by atoms with van der Waals surface area (Å²) in [6.45, 7) is 1.97. The average Bonchev–Trinajstić information content (AvgIpc) is 2.85. The van der Waals surface area contributed by atoms with E-state index in [0.717, 1.165) is 22.5 Å². The van der Waals surface area contributed by atoms with Crippen molar-refractivity contribution in [1.29, 1.82) is 0 Å². The second-order valence-electron chi connectivity index (χ2n) is 4.57. The lowest BCUT2D eigenvalue weighted by Crippen LogP contribution is -2.00. The van der Waals surface area contributed by atoms with E-state index in [1.807, 2.05) is 32.3 Å². The molecular formula is C14H14N6. The van der Waals surface area contributed by atoms with Gasteiger partial charge in [0.2, 0.25) is 0 Å². The summed E-state index contributed by atoms with van der Waals surface area (Å²) in [4.78, 5) is 13.1. The van der Waals surface area contributed by atoms with E-state index >= 15 is 0 Å². The maximum atomic E-state index is 5.88. The third-order valence-electron chi connectivity index (χ3n) is 2.97. The van der Waals surface area contributed by atoms with Gasteiger partial charge in [0.25, 0.3) is 0 Å².